The van der Waals surface area contributed by atoms with E-state index in [1.54, 1.807) is 0 Å². The molecule has 0 radical (unpaired) electrons. The van der Waals surface area contributed by atoms with Gasteiger partial charge in [0.1, 0.15) is 19.0 Å². The van der Waals surface area contributed by atoms with Gasteiger partial charge >= 0.3 is 0 Å². The normalized spacial score (nSPS) is 25.2. The lowest BCUT2D eigenvalue weighted by Crippen LogP contribution is -2.32. The molecule has 3 atom stereocenters. The van der Waals surface area contributed by atoms with Crippen molar-refractivity contribution < 1.29 is 9.30 Å². The molecule has 1 aromatic rings. The average molecular weight is 289 g/mol. The van der Waals surface area contributed by atoms with E-state index in [1.807, 2.05) is 0 Å². The fourth-order valence-corrected chi connectivity index (χ4v) is 3.44. The molecule has 1 fully saturated rings. The molecule has 3 heteroatoms. The lowest BCUT2D eigenvalue weighted by Gasteiger charge is -2.19. The summed E-state index contributed by atoms with van der Waals surface area (Å²) in [5.41, 5.74) is 2.59. The van der Waals surface area contributed by atoms with E-state index in [4.69, 9.17) is 4.74 Å². The van der Waals surface area contributed by atoms with Crippen molar-refractivity contribution in [3.05, 3.63) is 42.5 Å². The number of nitrogens with zero attached hydrogens (tertiary/aromatic N) is 2. The highest BCUT2D eigenvalue weighted by molar-refractivity contribution is 5.10. The van der Waals surface area contributed by atoms with Crippen LogP contribution in [0.1, 0.15) is 32.5 Å². The fraction of sp³-hybridized carbons (Fsp3) is 0.611. The molecule has 21 heavy (non-hydrogen) atoms. The molecule has 3 unspecified atom stereocenters. The highest BCUT2D eigenvalue weighted by atomic mass is 16.5. The van der Waals surface area contributed by atoms with Gasteiger partial charge in [0.05, 0.1) is 20.7 Å². The van der Waals surface area contributed by atoms with Crippen molar-refractivity contribution in [3.63, 3.8) is 0 Å². The Morgan fingerprint density at radius 3 is 2.57 bits per heavy atom. The zero-order valence-electron chi connectivity index (χ0n) is 13.9. The molecule has 1 aromatic heterocycles. The Kier molecular flexibility index (Phi) is 5.04. The van der Waals surface area contributed by atoms with Crippen molar-refractivity contribution in [1.82, 2.24) is 4.57 Å². The second-order valence-corrected chi connectivity index (χ2v) is 6.68. The van der Waals surface area contributed by atoms with Gasteiger partial charge in [-0.1, -0.05) is 24.3 Å². The Hall–Kier alpha value is -1.35. The third-order valence-corrected chi connectivity index (χ3v) is 4.92. The fourth-order valence-electron chi connectivity index (χ4n) is 3.44. The summed E-state index contributed by atoms with van der Waals surface area (Å²) in [6, 6.07) is 0. The zero-order chi connectivity index (χ0) is 15.6. The van der Waals surface area contributed by atoms with E-state index in [-0.39, 0.29) is 0 Å². The number of imidazole rings is 1. The molecular formula is C18H29N2O+. The van der Waals surface area contributed by atoms with E-state index in [0.29, 0.717) is 24.4 Å². The van der Waals surface area contributed by atoms with Crippen LogP contribution in [0, 0.1) is 17.8 Å². The Morgan fingerprint density at radius 2 is 2.05 bits per heavy atom. The van der Waals surface area contributed by atoms with E-state index < -0.39 is 0 Å². The monoisotopic (exact) mass is 289 g/mol. The quantitative estimate of drug-likeness (QED) is 0.581. The van der Waals surface area contributed by atoms with E-state index in [1.165, 1.54) is 29.8 Å². The van der Waals surface area contributed by atoms with Gasteiger partial charge in [-0.2, -0.15) is 0 Å². The molecule has 0 aliphatic heterocycles. The molecule has 0 bridgehead atoms. The molecule has 1 aliphatic rings. The van der Waals surface area contributed by atoms with E-state index >= 15 is 0 Å². The number of rotatable bonds is 6. The van der Waals surface area contributed by atoms with Crippen LogP contribution in [0.2, 0.25) is 0 Å². The van der Waals surface area contributed by atoms with Crippen LogP contribution in [0.15, 0.2) is 36.7 Å². The number of aryl methyl sites for hydroxylation is 2. The molecule has 1 saturated carbocycles. The molecule has 116 valence electrons. The molecule has 3 nitrogen and oxygen atoms in total. The number of hydrogen-bond acceptors (Lipinski definition) is 1. The van der Waals surface area contributed by atoms with Crippen LogP contribution in [0.3, 0.4) is 0 Å². The first-order valence-corrected chi connectivity index (χ1v) is 7.78. The summed E-state index contributed by atoms with van der Waals surface area (Å²) in [5.74, 6) is 2.98. The van der Waals surface area contributed by atoms with Gasteiger partial charge in [0.2, 0.25) is 0 Å². The predicted octanol–water partition coefficient (Wildman–Crippen LogP) is 3.16. The topological polar surface area (TPSA) is 18.0 Å². The van der Waals surface area contributed by atoms with Crippen molar-refractivity contribution in [1.29, 1.82) is 0 Å². The minimum Gasteiger partial charge on any atom is -0.368 e. The number of ether oxygens (including phenoxy) is 1. The second-order valence-electron chi connectivity index (χ2n) is 6.68. The molecule has 1 aliphatic carbocycles. The molecule has 1 heterocycles. The minimum atomic E-state index is 0.578. The maximum atomic E-state index is 6.02. The molecule has 0 amide bonds. The van der Waals surface area contributed by atoms with Crippen molar-refractivity contribution in [3.8, 4) is 0 Å². The summed E-state index contributed by atoms with van der Waals surface area (Å²) in [4.78, 5) is 0. The van der Waals surface area contributed by atoms with Gasteiger partial charge in [0, 0.05) is 0 Å². The highest BCUT2D eigenvalue weighted by Crippen LogP contribution is 2.42. The largest absolute Gasteiger partial charge is 0.368 e. The van der Waals surface area contributed by atoms with Gasteiger partial charge in [0.15, 0.2) is 0 Å². The van der Waals surface area contributed by atoms with Gasteiger partial charge in [0.25, 0.3) is 5.82 Å². The van der Waals surface area contributed by atoms with Gasteiger partial charge in [-0.25, -0.2) is 9.13 Å². The van der Waals surface area contributed by atoms with Crippen LogP contribution in [0.25, 0.3) is 0 Å². The number of allylic oxidation sites excluding steroid dienone is 2. The maximum Gasteiger partial charge on any atom is 0.282 e. The molecule has 0 aromatic carbocycles. The Morgan fingerprint density at radius 1 is 1.33 bits per heavy atom. The zero-order valence-corrected chi connectivity index (χ0v) is 13.9. The average Bonchev–Trinajstić information content (AvgIpc) is 2.97. The van der Waals surface area contributed by atoms with Crippen LogP contribution in [0.5, 0.6) is 0 Å². The number of hydrogen-bond donors (Lipinski definition) is 0. The third-order valence-electron chi connectivity index (χ3n) is 4.92. The summed E-state index contributed by atoms with van der Waals surface area (Å²) in [7, 11) is 4.12. The standard InChI is InChI=1S/C18H29N2O/c1-13(2)15-9-16(17(10-15)14(3)4)11-21-12-18-19(5)7-8-20(18)6/h7-8,15-17H,1,3,9-12H2,2,4-6H3/q+1. The summed E-state index contributed by atoms with van der Waals surface area (Å²) >= 11 is 0. The SMILES string of the molecule is C=C(C)C1CC(COCc2n(C)cc[n+]2C)C(C(=C)C)C1. The Bertz CT molecular complexity index is 510. The lowest BCUT2D eigenvalue weighted by molar-refractivity contribution is -0.680. The first-order valence-electron chi connectivity index (χ1n) is 7.78. The molecule has 0 saturated heterocycles. The molecule has 2 rings (SSSR count). The predicted molar refractivity (Wildman–Crippen MR) is 85.6 cm³/mol. The molecular weight excluding hydrogens is 260 g/mol. The second kappa shape index (κ2) is 6.61. The minimum absolute atomic E-state index is 0.578. The Balaban J connectivity index is 1.92. The smallest absolute Gasteiger partial charge is 0.282 e. The summed E-state index contributed by atoms with van der Waals surface area (Å²) in [6.07, 6.45) is 6.49. The van der Waals surface area contributed by atoms with Crippen molar-refractivity contribution in [2.75, 3.05) is 6.61 Å². The molecule has 0 spiro atoms. The number of aromatic nitrogens is 2. The van der Waals surface area contributed by atoms with Gasteiger partial charge in [-0.05, 0) is 44.4 Å². The summed E-state index contributed by atoms with van der Waals surface area (Å²) in [5, 5.41) is 0. The van der Waals surface area contributed by atoms with E-state index in [0.717, 1.165) is 6.61 Å². The summed E-state index contributed by atoms with van der Waals surface area (Å²) < 4.78 is 10.2. The van der Waals surface area contributed by atoms with Gasteiger partial charge in [-0.3, -0.25) is 0 Å². The molecule has 0 N–H and O–H groups in total. The third kappa shape index (κ3) is 3.65. The van der Waals surface area contributed by atoms with Crippen molar-refractivity contribution in [2.45, 2.75) is 33.3 Å². The van der Waals surface area contributed by atoms with Crippen LogP contribution in [-0.4, -0.2) is 11.2 Å². The van der Waals surface area contributed by atoms with Gasteiger partial charge in [-0.15, -0.1) is 0 Å². The van der Waals surface area contributed by atoms with Crippen molar-refractivity contribution >= 4 is 0 Å². The van der Waals surface area contributed by atoms with Crippen LogP contribution in [0.4, 0.5) is 0 Å². The maximum absolute atomic E-state index is 6.02. The van der Waals surface area contributed by atoms with Crippen LogP contribution >= 0.6 is 0 Å². The van der Waals surface area contributed by atoms with E-state index in [9.17, 15) is 0 Å². The van der Waals surface area contributed by atoms with Crippen molar-refractivity contribution in [2.24, 2.45) is 31.8 Å². The highest BCUT2D eigenvalue weighted by Gasteiger charge is 2.35. The van der Waals surface area contributed by atoms with Crippen LogP contribution in [-0.2, 0) is 25.4 Å². The summed E-state index contributed by atoms with van der Waals surface area (Å²) in [6.45, 7) is 14.1. The van der Waals surface area contributed by atoms with Gasteiger partial charge < -0.3 is 4.74 Å². The first-order chi connectivity index (χ1) is 9.90. The van der Waals surface area contributed by atoms with E-state index in [2.05, 4.69) is 62.6 Å². The Labute approximate surface area is 128 Å². The van der Waals surface area contributed by atoms with Crippen LogP contribution < -0.4 is 4.57 Å². The lowest BCUT2D eigenvalue weighted by atomic mass is 9.91. The first kappa shape index (κ1) is 16.0.